The molecule has 3 heteroatoms. The number of amides is 1. The van der Waals surface area contributed by atoms with E-state index in [1.165, 1.54) is 19.4 Å². The molecule has 3 nitrogen and oxygen atoms in total. The molecule has 1 saturated carbocycles. The third-order valence-corrected chi connectivity index (χ3v) is 4.98. The molecule has 1 heterocycles. The van der Waals surface area contributed by atoms with Crippen LogP contribution in [0.3, 0.4) is 0 Å². The predicted octanol–water partition coefficient (Wildman–Crippen LogP) is 2.76. The largest absolute Gasteiger partial charge is 0.341 e. The number of nitrogens with zero attached hydrogens (tertiary/aromatic N) is 2. The Hall–Kier alpha value is -0.570. The van der Waals surface area contributed by atoms with Crippen LogP contribution in [0.2, 0.25) is 0 Å². The van der Waals surface area contributed by atoms with Crippen molar-refractivity contribution in [2.45, 2.75) is 59.4 Å². The van der Waals surface area contributed by atoms with E-state index >= 15 is 0 Å². The van der Waals surface area contributed by atoms with Gasteiger partial charge in [-0.1, -0.05) is 20.8 Å². The maximum absolute atomic E-state index is 12.5. The molecule has 1 saturated heterocycles. The lowest BCUT2D eigenvalue weighted by Crippen LogP contribution is -2.49. The van der Waals surface area contributed by atoms with Crippen molar-refractivity contribution in [1.82, 2.24) is 9.80 Å². The smallest absolute Gasteiger partial charge is 0.225 e. The van der Waals surface area contributed by atoms with E-state index in [1.807, 2.05) is 0 Å². The van der Waals surface area contributed by atoms with Crippen molar-refractivity contribution in [3.05, 3.63) is 0 Å². The molecule has 1 amide bonds. The normalized spacial score (nSPS) is 27.3. The summed E-state index contributed by atoms with van der Waals surface area (Å²) >= 11 is 0. The van der Waals surface area contributed by atoms with Crippen molar-refractivity contribution in [2.75, 3.05) is 26.2 Å². The Bertz CT molecular complexity index is 319. The van der Waals surface area contributed by atoms with E-state index in [0.29, 0.717) is 23.3 Å². The van der Waals surface area contributed by atoms with E-state index in [1.54, 1.807) is 0 Å². The molecule has 2 rings (SSSR count). The van der Waals surface area contributed by atoms with Gasteiger partial charge in [0.2, 0.25) is 5.91 Å². The van der Waals surface area contributed by atoms with Crippen LogP contribution in [0.4, 0.5) is 0 Å². The van der Waals surface area contributed by atoms with E-state index in [0.717, 1.165) is 32.5 Å². The first-order valence-electron chi connectivity index (χ1n) is 7.99. The minimum atomic E-state index is 0.298. The summed E-state index contributed by atoms with van der Waals surface area (Å²) in [5, 5.41) is 0. The molecule has 0 aromatic heterocycles. The monoisotopic (exact) mass is 266 g/mol. The van der Waals surface area contributed by atoms with E-state index in [4.69, 9.17) is 0 Å². The van der Waals surface area contributed by atoms with E-state index in [-0.39, 0.29) is 0 Å². The van der Waals surface area contributed by atoms with Crippen molar-refractivity contribution in [1.29, 1.82) is 0 Å². The van der Waals surface area contributed by atoms with Gasteiger partial charge in [0.1, 0.15) is 0 Å². The first kappa shape index (κ1) is 14.8. The van der Waals surface area contributed by atoms with E-state index < -0.39 is 0 Å². The Morgan fingerprint density at radius 1 is 1.32 bits per heavy atom. The summed E-state index contributed by atoms with van der Waals surface area (Å²) in [4.78, 5) is 17.2. The SMILES string of the molecule is CCN(CC1CCCN1CC)C(=O)C1CC(C)(C)C1. The molecule has 1 aliphatic heterocycles. The number of hydrogen-bond donors (Lipinski definition) is 0. The van der Waals surface area contributed by atoms with Crippen LogP contribution < -0.4 is 0 Å². The zero-order valence-electron chi connectivity index (χ0n) is 13.1. The molecule has 0 radical (unpaired) electrons. The van der Waals surface area contributed by atoms with Crippen molar-refractivity contribution in [2.24, 2.45) is 11.3 Å². The first-order chi connectivity index (χ1) is 8.96. The van der Waals surface area contributed by atoms with Gasteiger partial charge in [0.15, 0.2) is 0 Å². The summed E-state index contributed by atoms with van der Waals surface area (Å²) in [7, 11) is 0. The zero-order valence-corrected chi connectivity index (χ0v) is 13.1. The van der Waals surface area contributed by atoms with Gasteiger partial charge in [-0.05, 0) is 51.1 Å². The Morgan fingerprint density at radius 3 is 2.53 bits per heavy atom. The van der Waals surface area contributed by atoms with Gasteiger partial charge in [-0.3, -0.25) is 9.69 Å². The Kier molecular flexibility index (Phi) is 4.54. The minimum Gasteiger partial charge on any atom is -0.341 e. The number of carbonyl (C=O) groups is 1. The highest BCUT2D eigenvalue weighted by Gasteiger charge is 2.42. The van der Waals surface area contributed by atoms with E-state index in [2.05, 4.69) is 37.5 Å². The quantitative estimate of drug-likeness (QED) is 0.764. The molecule has 0 bridgehead atoms. The lowest BCUT2D eigenvalue weighted by Gasteiger charge is -2.44. The summed E-state index contributed by atoms with van der Waals surface area (Å²) < 4.78 is 0. The Morgan fingerprint density at radius 2 is 2.00 bits per heavy atom. The number of hydrogen-bond acceptors (Lipinski definition) is 2. The molecule has 0 N–H and O–H groups in total. The van der Waals surface area contributed by atoms with Crippen molar-refractivity contribution in [3.8, 4) is 0 Å². The van der Waals surface area contributed by atoms with Crippen molar-refractivity contribution < 1.29 is 4.79 Å². The molecule has 1 atom stereocenters. The second-order valence-electron chi connectivity index (χ2n) is 7.07. The zero-order chi connectivity index (χ0) is 14.0. The average Bonchev–Trinajstić information content (AvgIpc) is 2.79. The van der Waals surface area contributed by atoms with Crippen LogP contribution in [0.25, 0.3) is 0 Å². The van der Waals surface area contributed by atoms with Crippen LogP contribution in [0.15, 0.2) is 0 Å². The molecule has 110 valence electrons. The van der Waals surface area contributed by atoms with Gasteiger partial charge in [0.25, 0.3) is 0 Å². The number of likely N-dealkylation sites (N-methyl/N-ethyl adjacent to an activating group) is 2. The van der Waals surface area contributed by atoms with Crippen LogP contribution in [0, 0.1) is 11.3 Å². The maximum Gasteiger partial charge on any atom is 0.225 e. The van der Waals surface area contributed by atoms with Crippen LogP contribution in [-0.4, -0.2) is 47.9 Å². The topological polar surface area (TPSA) is 23.6 Å². The third-order valence-electron chi connectivity index (χ3n) is 4.98. The van der Waals surface area contributed by atoms with Crippen LogP contribution in [0.5, 0.6) is 0 Å². The highest BCUT2D eigenvalue weighted by atomic mass is 16.2. The predicted molar refractivity (Wildman–Crippen MR) is 79.0 cm³/mol. The first-order valence-corrected chi connectivity index (χ1v) is 7.99. The fourth-order valence-electron chi connectivity index (χ4n) is 3.85. The van der Waals surface area contributed by atoms with Gasteiger partial charge in [-0.25, -0.2) is 0 Å². The standard InChI is InChI=1S/C16H30N2O/c1-5-17-9-7-8-14(17)12-18(6-2)15(19)13-10-16(3,4)11-13/h13-14H,5-12H2,1-4H3. The lowest BCUT2D eigenvalue weighted by atomic mass is 9.64. The molecule has 19 heavy (non-hydrogen) atoms. The summed E-state index contributed by atoms with van der Waals surface area (Å²) in [5.41, 5.74) is 0.391. The van der Waals surface area contributed by atoms with Gasteiger partial charge in [0, 0.05) is 25.0 Å². The lowest BCUT2D eigenvalue weighted by molar-refractivity contribution is -0.143. The number of rotatable bonds is 5. The second-order valence-corrected chi connectivity index (χ2v) is 7.07. The van der Waals surface area contributed by atoms with Crippen LogP contribution in [-0.2, 0) is 4.79 Å². The highest BCUT2D eigenvalue weighted by Crippen LogP contribution is 2.45. The molecule has 2 fully saturated rings. The molecule has 0 aromatic carbocycles. The van der Waals surface area contributed by atoms with Crippen LogP contribution in [0.1, 0.15) is 53.4 Å². The molecular formula is C16H30N2O. The third kappa shape index (κ3) is 3.31. The molecule has 1 unspecified atom stereocenters. The maximum atomic E-state index is 12.5. The molecule has 0 spiro atoms. The number of carbonyl (C=O) groups excluding carboxylic acids is 1. The van der Waals surface area contributed by atoms with Gasteiger partial charge in [-0.15, -0.1) is 0 Å². The molecular weight excluding hydrogens is 236 g/mol. The van der Waals surface area contributed by atoms with Gasteiger partial charge in [0.05, 0.1) is 0 Å². The summed E-state index contributed by atoms with van der Waals surface area (Å²) in [6.45, 7) is 13.0. The van der Waals surface area contributed by atoms with Gasteiger partial charge < -0.3 is 4.90 Å². The Balaban J connectivity index is 1.88. The van der Waals surface area contributed by atoms with Crippen molar-refractivity contribution >= 4 is 5.91 Å². The average molecular weight is 266 g/mol. The van der Waals surface area contributed by atoms with E-state index in [9.17, 15) is 4.79 Å². The summed E-state index contributed by atoms with van der Waals surface area (Å²) in [6.07, 6.45) is 4.70. The second kappa shape index (κ2) is 5.82. The minimum absolute atomic E-state index is 0.298. The number of likely N-dealkylation sites (tertiary alicyclic amines) is 1. The highest BCUT2D eigenvalue weighted by molar-refractivity contribution is 5.80. The molecule has 1 aliphatic carbocycles. The summed E-state index contributed by atoms with van der Waals surface area (Å²) in [5.74, 6) is 0.705. The fourth-order valence-corrected chi connectivity index (χ4v) is 3.85. The molecule has 2 aliphatic rings. The van der Waals surface area contributed by atoms with Crippen molar-refractivity contribution in [3.63, 3.8) is 0 Å². The summed E-state index contributed by atoms with van der Waals surface area (Å²) in [6, 6.07) is 0.599. The molecule has 0 aromatic rings. The van der Waals surface area contributed by atoms with Crippen LogP contribution >= 0.6 is 0 Å². The van der Waals surface area contributed by atoms with Gasteiger partial charge >= 0.3 is 0 Å². The van der Waals surface area contributed by atoms with Gasteiger partial charge in [-0.2, -0.15) is 0 Å². The fraction of sp³-hybridized carbons (Fsp3) is 0.938. The Labute approximate surface area is 118 Å².